The number of carboxylic acid groups (broad SMARTS) is 1. The van der Waals surface area contributed by atoms with Crippen molar-refractivity contribution in [2.24, 2.45) is 5.16 Å². The highest BCUT2D eigenvalue weighted by molar-refractivity contribution is 8.00. The van der Waals surface area contributed by atoms with Crippen molar-refractivity contribution >= 4 is 63.2 Å². The Bertz CT molecular complexity index is 1460. The minimum Gasteiger partial charge on any atom is -0.543 e. The van der Waals surface area contributed by atoms with Crippen molar-refractivity contribution in [1.29, 1.82) is 0 Å². The number of nitrogens with zero attached hydrogens (tertiary/aromatic N) is 6. The number of aliphatic carboxylic acids is 1. The fourth-order valence-electron chi connectivity index (χ4n) is 4.06. The Morgan fingerprint density at radius 2 is 2.19 bits per heavy atom. The number of carboxylic acids is 1. The van der Waals surface area contributed by atoms with E-state index < -0.39 is 29.2 Å². The van der Waals surface area contributed by atoms with Crippen LogP contribution in [0.1, 0.15) is 5.69 Å². The molecule has 2 atom stereocenters. The summed E-state index contributed by atoms with van der Waals surface area (Å²) >= 11 is 2.45. The van der Waals surface area contributed by atoms with Gasteiger partial charge in [0.2, 0.25) is 5.82 Å². The van der Waals surface area contributed by atoms with Crippen molar-refractivity contribution in [1.82, 2.24) is 24.8 Å². The van der Waals surface area contributed by atoms with Crippen LogP contribution in [0, 0.1) is 0 Å². The zero-order valence-electron chi connectivity index (χ0n) is 18.7. The quantitative estimate of drug-likeness (QED) is 0.129. The van der Waals surface area contributed by atoms with E-state index in [1.165, 1.54) is 28.8 Å². The topological polar surface area (TPSA) is 197 Å². The molecule has 186 valence electrons. The first-order valence-corrected chi connectivity index (χ1v) is 12.4. The van der Waals surface area contributed by atoms with Crippen LogP contribution >= 0.6 is 23.1 Å². The molecule has 1 fully saturated rings. The van der Waals surface area contributed by atoms with E-state index >= 15 is 0 Å². The summed E-state index contributed by atoms with van der Waals surface area (Å²) in [5.74, 6) is -2.04. The second-order valence-electron chi connectivity index (χ2n) is 7.76. The number of fused-ring (bicyclic) bond motifs is 2. The Morgan fingerprint density at radius 1 is 1.39 bits per heavy atom. The molecule has 0 radical (unpaired) electrons. The van der Waals surface area contributed by atoms with Crippen molar-refractivity contribution in [3.63, 3.8) is 0 Å². The van der Waals surface area contributed by atoms with Crippen LogP contribution in [0.4, 0.5) is 10.9 Å². The lowest BCUT2D eigenvalue weighted by Gasteiger charge is -2.50. The van der Waals surface area contributed by atoms with E-state index in [-0.39, 0.29) is 28.8 Å². The Labute approximate surface area is 211 Å². The molecule has 1 saturated heterocycles. The molecule has 14 nitrogen and oxygen atoms in total. The zero-order chi connectivity index (χ0) is 25.6. The van der Waals surface area contributed by atoms with Crippen LogP contribution in [0.3, 0.4) is 0 Å². The van der Waals surface area contributed by atoms with E-state index in [0.29, 0.717) is 22.8 Å². The van der Waals surface area contributed by atoms with Gasteiger partial charge in [-0.3, -0.25) is 14.5 Å². The van der Waals surface area contributed by atoms with Crippen LogP contribution in [-0.4, -0.2) is 67.3 Å². The summed E-state index contributed by atoms with van der Waals surface area (Å²) in [6.07, 6.45) is 3.29. The number of oxime groups is 1. The van der Waals surface area contributed by atoms with Crippen molar-refractivity contribution in [3.8, 4) is 0 Å². The van der Waals surface area contributed by atoms with Crippen molar-refractivity contribution in [2.45, 2.75) is 18.0 Å². The van der Waals surface area contributed by atoms with Crippen LogP contribution in [0.5, 0.6) is 0 Å². The van der Waals surface area contributed by atoms with Crippen molar-refractivity contribution in [3.05, 3.63) is 46.9 Å². The highest BCUT2D eigenvalue weighted by atomic mass is 32.2. The Balaban J connectivity index is 1.38. The van der Waals surface area contributed by atoms with E-state index in [9.17, 15) is 19.5 Å². The van der Waals surface area contributed by atoms with Crippen LogP contribution in [0.15, 0.2) is 46.3 Å². The van der Waals surface area contributed by atoms with Gasteiger partial charge < -0.3 is 31.5 Å². The fourth-order valence-corrected chi connectivity index (χ4v) is 5.94. The number of hydrogen-bond acceptors (Lipinski definition) is 12. The van der Waals surface area contributed by atoms with Gasteiger partial charge in [-0.2, -0.15) is 0 Å². The van der Waals surface area contributed by atoms with Gasteiger partial charge in [0.05, 0.1) is 30.1 Å². The molecule has 0 spiro atoms. The van der Waals surface area contributed by atoms with Gasteiger partial charge in [-0.25, -0.2) is 9.55 Å². The number of β-lactam (4-membered cyclic amide) rings is 1. The van der Waals surface area contributed by atoms with Crippen LogP contribution in [0.2, 0.25) is 0 Å². The predicted octanol–water partition coefficient (Wildman–Crippen LogP) is -2.30. The molecule has 0 aromatic carbocycles. The molecule has 0 unspecified atom stereocenters. The molecule has 16 heteroatoms. The largest absolute Gasteiger partial charge is 0.543 e. The number of nitrogens with one attached hydrogen (secondary N) is 1. The van der Waals surface area contributed by atoms with Gasteiger partial charge in [-0.15, -0.1) is 23.1 Å². The molecule has 2 amide bonds. The number of rotatable bonds is 7. The first kappa shape index (κ1) is 23.6. The minimum atomic E-state index is -1.48. The van der Waals surface area contributed by atoms with Gasteiger partial charge in [0.25, 0.3) is 11.8 Å². The molecule has 3 aromatic rings. The summed E-state index contributed by atoms with van der Waals surface area (Å²) < 4.78 is 3.30. The smallest absolute Gasteiger partial charge is 0.310 e. The standard InChI is InChI=1S/C20H19N9O5S2/c1-34-26-13(10-8-36-20(22)24-10)16(30)25-14-17(31)28-15(19(32)33)9(7-35-18(14)28)6-27-5-3-11(21)29-12(27)2-4-23-29/h2-5,8,14,18,21H,6-7H2,1H3,(H4,22,24,25,30,32,33)/b26-13-/t14-,18-/m1/s1. The van der Waals surface area contributed by atoms with Gasteiger partial charge in [0.15, 0.2) is 10.8 Å². The van der Waals surface area contributed by atoms with Gasteiger partial charge >= 0.3 is 5.65 Å². The normalized spacial score (nSPS) is 19.8. The first-order chi connectivity index (χ1) is 17.3. The number of thiazole rings is 1. The Kier molecular flexibility index (Phi) is 5.97. The third kappa shape index (κ3) is 3.89. The summed E-state index contributed by atoms with van der Waals surface area (Å²) in [5.41, 5.74) is 12.5. The fraction of sp³-hybridized carbons (Fsp3) is 0.250. The van der Waals surface area contributed by atoms with E-state index in [1.54, 1.807) is 29.1 Å². The van der Waals surface area contributed by atoms with Crippen LogP contribution in [-0.2, 0) is 25.8 Å². The van der Waals surface area contributed by atoms with Gasteiger partial charge in [-0.1, -0.05) is 14.8 Å². The average Bonchev–Trinajstić information content (AvgIpc) is 3.52. The highest BCUT2D eigenvalue weighted by Gasteiger charge is 2.53. The number of nitrogen functional groups attached to an aromatic ring is 2. The molecular weight excluding hydrogens is 510 g/mol. The summed E-state index contributed by atoms with van der Waals surface area (Å²) in [4.78, 5) is 47.9. The van der Waals surface area contributed by atoms with E-state index in [2.05, 4.69) is 20.6 Å². The maximum atomic E-state index is 13.0. The van der Waals surface area contributed by atoms with Gasteiger partial charge in [-0.05, 0) is 0 Å². The van der Waals surface area contributed by atoms with Crippen LogP contribution < -0.4 is 26.5 Å². The molecule has 0 aliphatic carbocycles. The number of anilines is 2. The van der Waals surface area contributed by atoms with Crippen LogP contribution in [0.25, 0.3) is 5.65 Å². The Morgan fingerprint density at radius 3 is 2.89 bits per heavy atom. The number of carbonyl (C=O) groups is 3. The lowest BCUT2D eigenvalue weighted by atomic mass is 10.0. The maximum Gasteiger partial charge on any atom is 0.310 e. The average molecular weight is 530 g/mol. The Hall–Kier alpha value is -4.18. The van der Waals surface area contributed by atoms with E-state index in [0.717, 1.165) is 16.2 Å². The summed E-state index contributed by atoms with van der Waals surface area (Å²) in [6.45, 7) is 0.176. The number of carbonyl (C=O) groups excluding carboxylic acids is 3. The second kappa shape index (κ2) is 9.12. The first-order valence-electron chi connectivity index (χ1n) is 10.4. The minimum absolute atomic E-state index is 0.154. The number of aromatic nitrogens is 4. The zero-order valence-corrected chi connectivity index (χ0v) is 20.3. The number of thioether (sulfide) groups is 1. The molecule has 5 N–H and O–H groups in total. The third-order valence-corrected chi connectivity index (χ3v) is 7.65. The molecule has 5 heterocycles. The number of nitrogens with two attached hydrogens (primary N) is 2. The number of hydrogen-bond donors (Lipinski definition) is 3. The predicted molar refractivity (Wildman–Crippen MR) is 127 cm³/mol. The third-order valence-electron chi connectivity index (χ3n) is 5.64. The van der Waals surface area contributed by atoms with Gasteiger partial charge in [0.1, 0.15) is 30.8 Å². The monoisotopic (exact) mass is 529 g/mol. The van der Waals surface area contributed by atoms with E-state index in [1.807, 2.05) is 0 Å². The van der Waals surface area contributed by atoms with E-state index in [4.69, 9.17) is 16.3 Å². The lowest BCUT2D eigenvalue weighted by molar-refractivity contribution is -0.666. The van der Waals surface area contributed by atoms with Crippen molar-refractivity contribution < 1.29 is 28.9 Å². The summed E-state index contributed by atoms with van der Waals surface area (Å²) in [5, 5.41) is 23.7. The highest BCUT2D eigenvalue weighted by Crippen LogP contribution is 2.40. The lowest BCUT2D eigenvalue weighted by Crippen LogP contribution is -2.71. The molecule has 36 heavy (non-hydrogen) atoms. The van der Waals surface area contributed by atoms with Gasteiger partial charge in [0, 0.05) is 22.8 Å². The molecule has 2 aliphatic heterocycles. The molecule has 0 saturated carbocycles. The summed E-state index contributed by atoms with van der Waals surface area (Å²) in [7, 11) is 1.27. The molecule has 3 aromatic heterocycles. The second-order valence-corrected chi connectivity index (χ2v) is 9.76. The van der Waals surface area contributed by atoms with Crippen molar-refractivity contribution in [2.75, 3.05) is 24.3 Å². The molecular formula is C20H19N9O5S2. The maximum absolute atomic E-state index is 13.0. The summed E-state index contributed by atoms with van der Waals surface area (Å²) in [6, 6.07) is 2.42. The molecule has 5 rings (SSSR count). The SMILES string of the molecule is CO/N=C(\C(=O)N[C@@H]1C(=O)N2C(C(=O)[O-])=C(C[n+]3ccc(N)n4nccc43)CS[C@H]12)c1csc(N)n1. The molecule has 0 bridgehead atoms. The number of amides is 2. The molecule has 2 aliphatic rings.